The lowest BCUT2D eigenvalue weighted by Gasteiger charge is -2.19. The fraction of sp³-hybridized carbons (Fsp3) is 0.556. The summed E-state index contributed by atoms with van der Waals surface area (Å²) in [5.74, 6) is 1.09. The summed E-state index contributed by atoms with van der Waals surface area (Å²) in [5, 5.41) is 10.2. The molecule has 1 aromatic carbocycles. The zero-order valence-corrected chi connectivity index (χ0v) is 22.5. The Hall–Kier alpha value is -3.36. The number of methoxy groups -OCH3 is 2. The molecule has 2 amide bonds. The third kappa shape index (κ3) is 8.10. The fourth-order valence-electron chi connectivity index (χ4n) is 3.96. The van der Waals surface area contributed by atoms with E-state index in [4.69, 9.17) is 9.47 Å². The summed E-state index contributed by atoms with van der Waals surface area (Å²) >= 11 is 0. The third-order valence-corrected chi connectivity index (χ3v) is 5.63. The molecule has 2 rings (SSSR count). The summed E-state index contributed by atoms with van der Waals surface area (Å²) < 4.78 is 13.0. The Morgan fingerprint density at radius 1 is 1.03 bits per heavy atom. The highest BCUT2D eigenvalue weighted by atomic mass is 16.5. The highest BCUT2D eigenvalue weighted by Crippen LogP contribution is 2.38. The number of carbonyl (C=O) groups excluding carboxylic acids is 3. The average Bonchev–Trinajstić information content (AvgIpc) is 3.24. The molecule has 1 aromatic heterocycles. The van der Waals surface area contributed by atoms with Crippen molar-refractivity contribution in [2.24, 2.45) is 11.8 Å². The maximum absolute atomic E-state index is 13.3. The van der Waals surface area contributed by atoms with Crippen LogP contribution in [0.1, 0.15) is 64.4 Å². The molecule has 9 heteroatoms. The zero-order chi connectivity index (χ0) is 26.8. The molecule has 0 spiro atoms. The van der Waals surface area contributed by atoms with Crippen LogP contribution in [0.4, 0.5) is 0 Å². The number of rotatable bonds is 14. The number of ketones is 1. The predicted molar refractivity (Wildman–Crippen MR) is 139 cm³/mol. The minimum Gasteiger partial charge on any atom is -0.496 e. The molecule has 36 heavy (non-hydrogen) atoms. The van der Waals surface area contributed by atoms with Gasteiger partial charge in [0.25, 0.3) is 5.91 Å². The molecule has 2 aromatic rings. The van der Waals surface area contributed by atoms with Crippen LogP contribution < -0.4 is 20.1 Å². The van der Waals surface area contributed by atoms with Crippen molar-refractivity contribution in [2.45, 2.75) is 66.5 Å². The van der Waals surface area contributed by atoms with Crippen molar-refractivity contribution in [2.75, 3.05) is 20.8 Å². The maximum Gasteiger partial charge on any atom is 0.272 e. The minimum atomic E-state index is -0.395. The van der Waals surface area contributed by atoms with Crippen molar-refractivity contribution in [1.82, 2.24) is 20.4 Å². The Kier molecular flexibility index (Phi) is 11.0. The van der Waals surface area contributed by atoms with Crippen molar-refractivity contribution in [1.29, 1.82) is 0 Å². The standard InChI is InChI=1S/C27H40N4O5/c1-8-20(32)15-28-25(33)13-19(12-17(2)3)29-27(34)21-14-22(31(30-21)16-18(4)5)26-23(35-6)10-9-11-24(26)36-7/h9-11,14,17-19H,8,12-13,15-16H2,1-7H3,(H,28,33)(H,29,34)/t19-/m0/s1. The first-order valence-corrected chi connectivity index (χ1v) is 12.5. The van der Waals surface area contributed by atoms with E-state index in [-0.39, 0.29) is 48.1 Å². The molecule has 0 aliphatic rings. The highest BCUT2D eigenvalue weighted by Gasteiger charge is 2.24. The van der Waals surface area contributed by atoms with Crippen LogP contribution in [0.3, 0.4) is 0 Å². The Morgan fingerprint density at radius 2 is 1.67 bits per heavy atom. The van der Waals surface area contributed by atoms with E-state index < -0.39 is 6.04 Å². The summed E-state index contributed by atoms with van der Waals surface area (Å²) in [4.78, 5) is 37.3. The van der Waals surface area contributed by atoms with E-state index >= 15 is 0 Å². The first kappa shape index (κ1) is 28.9. The van der Waals surface area contributed by atoms with Crippen LogP contribution >= 0.6 is 0 Å². The van der Waals surface area contributed by atoms with E-state index in [1.165, 1.54) is 0 Å². The van der Waals surface area contributed by atoms with Crippen molar-refractivity contribution < 1.29 is 23.9 Å². The van der Waals surface area contributed by atoms with Crippen LogP contribution in [0, 0.1) is 11.8 Å². The Labute approximate surface area is 213 Å². The largest absolute Gasteiger partial charge is 0.496 e. The van der Waals surface area contributed by atoms with Gasteiger partial charge in [0.05, 0.1) is 32.0 Å². The van der Waals surface area contributed by atoms with Gasteiger partial charge in [-0.15, -0.1) is 0 Å². The van der Waals surface area contributed by atoms with E-state index in [1.807, 2.05) is 32.0 Å². The SMILES string of the molecule is CCC(=O)CNC(=O)C[C@H](CC(C)C)NC(=O)c1cc(-c2c(OC)cccc2OC)n(CC(C)C)n1. The molecule has 0 saturated heterocycles. The number of ether oxygens (including phenoxy) is 2. The van der Waals surface area contributed by atoms with Gasteiger partial charge < -0.3 is 20.1 Å². The Bertz CT molecular complexity index is 1020. The monoisotopic (exact) mass is 500 g/mol. The zero-order valence-electron chi connectivity index (χ0n) is 22.5. The second-order valence-corrected chi connectivity index (χ2v) is 9.70. The first-order valence-electron chi connectivity index (χ1n) is 12.5. The lowest BCUT2D eigenvalue weighted by molar-refractivity contribution is -0.125. The Morgan fingerprint density at radius 3 is 2.19 bits per heavy atom. The number of nitrogens with zero attached hydrogens (tertiary/aromatic N) is 2. The van der Waals surface area contributed by atoms with Gasteiger partial charge in [-0.2, -0.15) is 5.10 Å². The number of benzene rings is 1. The second-order valence-electron chi connectivity index (χ2n) is 9.70. The van der Waals surface area contributed by atoms with Crippen molar-refractivity contribution >= 4 is 17.6 Å². The first-order chi connectivity index (χ1) is 17.1. The Balaban J connectivity index is 2.34. The number of nitrogens with one attached hydrogen (secondary N) is 2. The van der Waals surface area contributed by atoms with Gasteiger partial charge in [-0.3, -0.25) is 19.1 Å². The molecule has 0 saturated carbocycles. The molecule has 0 aliphatic heterocycles. The van der Waals surface area contributed by atoms with Gasteiger partial charge in [0.15, 0.2) is 11.5 Å². The van der Waals surface area contributed by atoms with E-state index in [9.17, 15) is 14.4 Å². The summed E-state index contributed by atoms with van der Waals surface area (Å²) in [6.45, 7) is 10.6. The number of Topliss-reactive ketones (excluding diaryl/α,β-unsaturated/α-hetero) is 1. The number of aromatic nitrogens is 2. The smallest absolute Gasteiger partial charge is 0.272 e. The van der Waals surface area contributed by atoms with E-state index in [2.05, 4.69) is 29.6 Å². The average molecular weight is 501 g/mol. The molecular weight excluding hydrogens is 460 g/mol. The lowest BCUT2D eigenvalue weighted by atomic mass is 10.0. The molecule has 2 N–H and O–H groups in total. The van der Waals surface area contributed by atoms with Gasteiger partial charge in [-0.25, -0.2) is 0 Å². The molecule has 0 bridgehead atoms. The van der Waals surface area contributed by atoms with Gasteiger partial charge in [-0.05, 0) is 36.5 Å². The van der Waals surface area contributed by atoms with Crippen LogP contribution in [-0.4, -0.2) is 54.2 Å². The van der Waals surface area contributed by atoms with Crippen molar-refractivity contribution in [3.8, 4) is 22.8 Å². The number of hydrogen-bond donors (Lipinski definition) is 2. The molecule has 0 fully saturated rings. The predicted octanol–water partition coefficient (Wildman–Crippen LogP) is 3.85. The van der Waals surface area contributed by atoms with Crippen LogP contribution in [0.15, 0.2) is 24.3 Å². The number of amides is 2. The third-order valence-electron chi connectivity index (χ3n) is 5.63. The molecule has 1 heterocycles. The van der Waals surface area contributed by atoms with Crippen LogP contribution in [0.2, 0.25) is 0 Å². The summed E-state index contributed by atoms with van der Waals surface area (Å²) in [6, 6.07) is 6.85. The number of carbonyl (C=O) groups is 3. The van der Waals surface area contributed by atoms with Gasteiger partial charge in [0, 0.05) is 25.4 Å². The quantitative estimate of drug-likeness (QED) is 0.408. The van der Waals surface area contributed by atoms with Crippen LogP contribution in [0.5, 0.6) is 11.5 Å². The second kappa shape index (κ2) is 13.7. The normalized spacial score (nSPS) is 11.9. The minimum absolute atomic E-state index is 0.00138. The topological polar surface area (TPSA) is 112 Å². The van der Waals surface area contributed by atoms with Gasteiger partial charge in [-0.1, -0.05) is 40.7 Å². The molecule has 198 valence electrons. The molecular formula is C27H40N4O5. The maximum atomic E-state index is 13.3. The summed E-state index contributed by atoms with van der Waals surface area (Å²) in [5.41, 5.74) is 1.67. The van der Waals surface area contributed by atoms with Crippen LogP contribution in [-0.2, 0) is 16.1 Å². The molecule has 1 atom stereocenters. The fourth-order valence-corrected chi connectivity index (χ4v) is 3.96. The van der Waals surface area contributed by atoms with Gasteiger partial charge >= 0.3 is 0 Å². The highest BCUT2D eigenvalue weighted by molar-refractivity contribution is 5.94. The summed E-state index contributed by atoms with van der Waals surface area (Å²) in [6.07, 6.45) is 1.06. The van der Waals surface area contributed by atoms with E-state index in [0.717, 1.165) is 0 Å². The number of hydrogen-bond acceptors (Lipinski definition) is 6. The van der Waals surface area contributed by atoms with Gasteiger partial charge in [0.2, 0.25) is 5.91 Å². The van der Waals surface area contributed by atoms with Crippen molar-refractivity contribution in [3.05, 3.63) is 30.0 Å². The summed E-state index contributed by atoms with van der Waals surface area (Å²) in [7, 11) is 3.18. The molecule has 0 aliphatic carbocycles. The van der Waals surface area contributed by atoms with E-state index in [0.29, 0.717) is 42.1 Å². The van der Waals surface area contributed by atoms with Crippen molar-refractivity contribution in [3.63, 3.8) is 0 Å². The molecule has 0 unspecified atom stereocenters. The van der Waals surface area contributed by atoms with Gasteiger partial charge in [0.1, 0.15) is 11.5 Å². The molecule has 0 radical (unpaired) electrons. The van der Waals surface area contributed by atoms with E-state index in [1.54, 1.807) is 31.9 Å². The van der Waals surface area contributed by atoms with Crippen LogP contribution in [0.25, 0.3) is 11.3 Å². The molecule has 9 nitrogen and oxygen atoms in total. The lowest BCUT2D eigenvalue weighted by Crippen LogP contribution is -2.41.